The van der Waals surface area contributed by atoms with Crippen LogP contribution in [0.1, 0.15) is 22.3 Å². The average Bonchev–Trinajstić information content (AvgIpc) is 3.85. The molecule has 0 unspecified atom stereocenters. The molecule has 1 aliphatic carbocycles. The molecule has 60 heavy (non-hydrogen) atoms. The average molecular weight is 781 g/mol. The van der Waals surface area contributed by atoms with Crippen LogP contribution < -0.4 is 0 Å². The lowest BCUT2D eigenvalue weighted by molar-refractivity contribution is 0.769. The van der Waals surface area contributed by atoms with Crippen molar-refractivity contribution in [2.45, 2.75) is 5.41 Å². The molecule has 280 valence electrons. The first-order valence-corrected chi connectivity index (χ1v) is 21.3. The summed E-state index contributed by atoms with van der Waals surface area (Å²) in [5, 5.41) is 4.96. The van der Waals surface area contributed by atoms with Crippen LogP contribution in [0.5, 0.6) is 0 Å². The van der Waals surface area contributed by atoms with Crippen LogP contribution in [0.25, 0.3) is 87.1 Å². The number of rotatable bonds is 6. The third-order valence-corrected chi connectivity index (χ3v) is 13.5. The normalized spacial score (nSPS) is 12.8. The van der Waals surface area contributed by atoms with Crippen molar-refractivity contribution in [2.24, 2.45) is 0 Å². The van der Waals surface area contributed by atoms with E-state index < -0.39 is 5.41 Å². The second-order valence-corrected chi connectivity index (χ2v) is 16.8. The van der Waals surface area contributed by atoms with Gasteiger partial charge in [-0.25, -0.2) is 9.97 Å². The molecule has 0 bridgehead atoms. The molecule has 0 atom stereocenters. The Labute approximate surface area is 352 Å². The summed E-state index contributed by atoms with van der Waals surface area (Å²) in [7, 11) is 0. The molecule has 0 saturated heterocycles. The Bertz CT molecular complexity index is 3380. The zero-order valence-corrected chi connectivity index (χ0v) is 33.4. The van der Waals surface area contributed by atoms with Crippen molar-refractivity contribution >= 4 is 42.3 Å². The summed E-state index contributed by atoms with van der Waals surface area (Å²) in [6.45, 7) is 0. The van der Waals surface area contributed by atoms with Gasteiger partial charge >= 0.3 is 0 Å². The summed E-state index contributed by atoms with van der Waals surface area (Å²) in [6.07, 6.45) is 0. The highest BCUT2D eigenvalue weighted by Gasteiger charge is 2.47. The van der Waals surface area contributed by atoms with Gasteiger partial charge in [-0.2, -0.15) is 0 Å². The summed E-state index contributed by atoms with van der Waals surface area (Å²) in [5.74, 6) is 0.699. The Morgan fingerprint density at radius 3 is 1.77 bits per heavy atom. The topological polar surface area (TPSA) is 25.8 Å². The molecule has 1 aliphatic rings. The van der Waals surface area contributed by atoms with Crippen molar-refractivity contribution in [1.82, 2.24) is 9.97 Å². The van der Waals surface area contributed by atoms with Crippen molar-refractivity contribution < 1.29 is 0 Å². The lowest BCUT2D eigenvalue weighted by atomic mass is 9.66. The van der Waals surface area contributed by atoms with Gasteiger partial charge in [0.15, 0.2) is 5.82 Å². The Kier molecular flexibility index (Phi) is 7.97. The maximum absolute atomic E-state index is 5.50. The minimum Gasteiger partial charge on any atom is -0.228 e. The summed E-state index contributed by atoms with van der Waals surface area (Å²) < 4.78 is 2.63. The number of hydrogen-bond donors (Lipinski definition) is 0. The standard InChI is InChI=1S/C57H36N2S/c1-3-16-43(17-4-1)57(44-18-5-2-6-19-44)50-24-11-9-20-45(50)47-22-13-23-48(55(47)57)52-36-51(58-56(59-52)42-31-28-37-14-7-8-15-40(37)34-42)39-29-26-38(27-30-39)41-32-33-54-49(35-41)46-21-10-12-25-53(46)60-54/h1-36H. The molecule has 2 aromatic heterocycles. The molecule has 0 radical (unpaired) electrons. The molecule has 0 saturated carbocycles. The Balaban J connectivity index is 1.07. The summed E-state index contributed by atoms with van der Waals surface area (Å²) in [6, 6.07) is 79.3. The highest BCUT2D eigenvalue weighted by Crippen LogP contribution is 2.58. The highest BCUT2D eigenvalue weighted by molar-refractivity contribution is 7.25. The molecular formula is C57H36N2S. The number of hydrogen-bond acceptors (Lipinski definition) is 3. The van der Waals surface area contributed by atoms with Crippen LogP contribution in [0.2, 0.25) is 0 Å². The zero-order chi connectivity index (χ0) is 39.6. The van der Waals surface area contributed by atoms with Crippen molar-refractivity contribution in [3.8, 4) is 56.2 Å². The van der Waals surface area contributed by atoms with Gasteiger partial charge in [0.25, 0.3) is 0 Å². The van der Waals surface area contributed by atoms with Gasteiger partial charge in [0.2, 0.25) is 0 Å². The lowest BCUT2D eigenvalue weighted by Gasteiger charge is -2.35. The number of nitrogens with zero attached hydrogens (tertiary/aromatic N) is 2. The number of thiophene rings is 1. The van der Waals surface area contributed by atoms with Crippen LogP contribution in [0, 0.1) is 0 Å². The minimum atomic E-state index is -0.574. The molecule has 11 aromatic rings. The van der Waals surface area contributed by atoms with Gasteiger partial charge in [-0.3, -0.25) is 0 Å². The first-order chi connectivity index (χ1) is 29.7. The van der Waals surface area contributed by atoms with E-state index in [1.807, 2.05) is 11.3 Å². The largest absolute Gasteiger partial charge is 0.228 e. The molecule has 2 heterocycles. The Hall–Kier alpha value is -7.46. The quantitative estimate of drug-likeness (QED) is 0.168. The molecular weight excluding hydrogens is 745 g/mol. The van der Waals surface area contributed by atoms with E-state index in [1.54, 1.807) is 0 Å². The molecule has 0 spiro atoms. The van der Waals surface area contributed by atoms with Gasteiger partial charge in [-0.15, -0.1) is 11.3 Å². The van der Waals surface area contributed by atoms with E-state index in [1.165, 1.54) is 70.1 Å². The van der Waals surface area contributed by atoms with E-state index in [0.29, 0.717) is 5.82 Å². The van der Waals surface area contributed by atoms with Crippen molar-refractivity contribution in [2.75, 3.05) is 0 Å². The maximum atomic E-state index is 5.50. The molecule has 12 rings (SSSR count). The van der Waals surface area contributed by atoms with Gasteiger partial charge < -0.3 is 0 Å². The monoisotopic (exact) mass is 780 g/mol. The molecule has 0 fully saturated rings. The summed E-state index contributed by atoms with van der Waals surface area (Å²) >= 11 is 1.85. The summed E-state index contributed by atoms with van der Waals surface area (Å²) in [5.41, 5.74) is 14.1. The smallest absolute Gasteiger partial charge is 0.160 e. The predicted molar refractivity (Wildman–Crippen MR) is 251 cm³/mol. The van der Waals surface area contributed by atoms with Crippen LogP contribution in [-0.2, 0) is 5.41 Å². The maximum Gasteiger partial charge on any atom is 0.160 e. The van der Waals surface area contributed by atoms with E-state index in [-0.39, 0.29) is 0 Å². The minimum absolute atomic E-state index is 0.574. The van der Waals surface area contributed by atoms with E-state index in [2.05, 4.69) is 218 Å². The molecule has 0 amide bonds. The van der Waals surface area contributed by atoms with Crippen LogP contribution in [-0.4, -0.2) is 9.97 Å². The van der Waals surface area contributed by atoms with E-state index >= 15 is 0 Å². The van der Waals surface area contributed by atoms with E-state index in [0.717, 1.165) is 33.5 Å². The molecule has 0 aliphatic heterocycles. The third-order valence-electron chi connectivity index (χ3n) is 12.4. The fraction of sp³-hybridized carbons (Fsp3) is 0.0175. The van der Waals surface area contributed by atoms with Gasteiger partial charge in [-0.1, -0.05) is 188 Å². The lowest BCUT2D eigenvalue weighted by Crippen LogP contribution is -2.29. The fourth-order valence-electron chi connectivity index (χ4n) is 9.65. The predicted octanol–water partition coefficient (Wildman–Crippen LogP) is 15.0. The SMILES string of the molecule is c1ccc(C2(c3ccccc3)c3ccccc3-c3cccc(-c4cc(-c5ccc(-c6ccc7sc8ccccc8c7c6)cc5)nc(-c5ccc6ccccc6c5)n4)c32)cc1. The molecule has 9 aromatic carbocycles. The second kappa shape index (κ2) is 13.8. The Morgan fingerprint density at radius 1 is 0.350 bits per heavy atom. The van der Waals surface area contributed by atoms with Gasteiger partial charge in [0.05, 0.1) is 16.8 Å². The highest BCUT2D eigenvalue weighted by atomic mass is 32.1. The molecule has 0 N–H and O–H groups in total. The first kappa shape index (κ1) is 34.6. The van der Waals surface area contributed by atoms with Gasteiger partial charge in [0, 0.05) is 36.9 Å². The van der Waals surface area contributed by atoms with Crippen LogP contribution in [0.4, 0.5) is 0 Å². The van der Waals surface area contributed by atoms with Crippen LogP contribution in [0.3, 0.4) is 0 Å². The number of benzene rings is 9. The zero-order valence-electron chi connectivity index (χ0n) is 32.6. The Morgan fingerprint density at radius 2 is 0.950 bits per heavy atom. The van der Waals surface area contributed by atoms with Crippen LogP contribution >= 0.6 is 11.3 Å². The third kappa shape index (κ3) is 5.40. The van der Waals surface area contributed by atoms with E-state index in [4.69, 9.17) is 9.97 Å². The van der Waals surface area contributed by atoms with Crippen molar-refractivity contribution in [3.63, 3.8) is 0 Å². The van der Waals surface area contributed by atoms with Crippen molar-refractivity contribution in [1.29, 1.82) is 0 Å². The second-order valence-electron chi connectivity index (χ2n) is 15.7. The first-order valence-electron chi connectivity index (χ1n) is 20.5. The van der Waals surface area contributed by atoms with Crippen molar-refractivity contribution in [3.05, 3.63) is 241 Å². The molecule has 3 heteroatoms. The number of fused-ring (bicyclic) bond motifs is 7. The van der Waals surface area contributed by atoms with E-state index in [9.17, 15) is 0 Å². The number of aromatic nitrogens is 2. The van der Waals surface area contributed by atoms with Gasteiger partial charge in [0.1, 0.15) is 0 Å². The van der Waals surface area contributed by atoms with Gasteiger partial charge in [-0.05, 0) is 85.6 Å². The molecule has 2 nitrogen and oxygen atoms in total. The summed E-state index contributed by atoms with van der Waals surface area (Å²) in [4.78, 5) is 10.9. The fourth-order valence-corrected chi connectivity index (χ4v) is 10.7. The van der Waals surface area contributed by atoms with Crippen LogP contribution in [0.15, 0.2) is 218 Å².